The Hall–Kier alpha value is -1.10. The maximum Gasteiger partial charge on any atom is 0.231 e. The van der Waals surface area contributed by atoms with E-state index in [2.05, 4.69) is 5.32 Å². The van der Waals surface area contributed by atoms with Gasteiger partial charge in [0.05, 0.1) is 12.0 Å². The largest absolute Gasteiger partial charge is 0.395 e. The monoisotopic (exact) mass is 294 g/mol. The number of nitrogens with one attached hydrogen (secondary N) is 1. The first-order valence-corrected chi connectivity index (χ1v) is 8.32. The molecule has 1 aliphatic heterocycles. The van der Waals surface area contributed by atoms with Gasteiger partial charge in [-0.05, 0) is 44.4 Å². The van der Waals surface area contributed by atoms with Gasteiger partial charge in [-0.3, -0.25) is 9.59 Å². The molecule has 1 saturated heterocycles. The topological polar surface area (TPSA) is 69.6 Å². The molecule has 118 valence electrons. The average molecular weight is 294 g/mol. The van der Waals surface area contributed by atoms with Crippen molar-refractivity contribution in [3.05, 3.63) is 0 Å². The molecule has 2 aliphatic carbocycles. The second kappa shape index (κ2) is 5.95. The van der Waals surface area contributed by atoms with Crippen LogP contribution >= 0.6 is 0 Å². The van der Waals surface area contributed by atoms with Crippen LogP contribution < -0.4 is 5.32 Å². The third-order valence-electron chi connectivity index (χ3n) is 5.46. The van der Waals surface area contributed by atoms with E-state index in [4.69, 9.17) is 0 Å². The first-order chi connectivity index (χ1) is 10.1. The Kier molecular flexibility index (Phi) is 4.20. The van der Waals surface area contributed by atoms with Gasteiger partial charge in [0.15, 0.2) is 0 Å². The Morgan fingerprint density at radius 1 is 1.19 bits per heavy atom. The van der Waals surface area contributed by atoms with Crippen LogP contribution in [0.15, 0.2) is 0 Å². The number of hydrogen-bond acceptors (Lipinski definition) is 3. The normalized spacial score (nSPS) is 27.9. The van der Waals surface area contributed by atoms with Crippen molar-refractivity contribution in [1.82, 2.24) is 10.2 Å². The van der Waals surface area contributed by atoms with Crippen molar-refractivity contribution in [2.45, 2.75) is 44.9 Å². The van der Waals surface area contributed by atoms with Gasteiger partial charge in [0.1, 0.15) is 0 Å². The van der Waals surface area contributed by atoms with Gasteiger partial charge in [-0.2, -0.15) is 0 Å². The Balaban J connectivity index is 1.46. The molecule has 1 unspecified atom stereocenters. The van der Waals surface area contributed by atoms with Gasteiger partial charge in [0.2, 0.25) is 11.8 Å². The molecule has 21 heavy (non-hydrogen) atoms. The van der Waals surface area contributed by atoms with Crippen molar-refractivity contribution in [2.75, 3.05) is 26.2 Å². The minimum Gasteiger partial charge on any atom is -0.395 e. The number of piperidine rings is 1. The van der Waals surface area contributed by atoms with E-state index in [-0.39, 0.29) is 24.3 Å². The molecule has 0 radical (unpaired) electrons. The van der Waals surface area contributed by atoms with Crippen LogP contribution in [0.25, 0.3) is 0 Å². The third kappa shape index (κ3) is 3.07. The van der Waals surface area contributed by atoms with Crippen LogP contribution in [0, 0.1) is 17.3 Å². The minimum atomic E-state index is -0.461. The highest BCUT2D eigenvalue weighted by Gasteiger charge is 2.51. The maximum absolute atomic E-state index is 12.4. The van der Waals surface area contributed by atoms with Crippen LogP contribution in [0.4, 0.5) is 0 Å². The minimum absolute atomic E-state index is 0.0224. The van der Waals surface area contributed by atoms with Crippen molar-refractivity contribution in [3.8, 4) is 0 Å². The summed E-state index contributed by atoms with van der Waals surface area (Å²) in [6.45, 7) is 2.19. The van der Waals surface area contributed by atoms with Gasteiger partial charge in [0.25, 0.3) is 0 Å². The van der Waals surface area contributed by atoms with Crippen LogP contribution in [-0.4, -0.2) is 48.1 Å². The zero-order valence-electron chi connectivity index (χ0n) is 12.6. The lowest BCUT2D eigenvalue weighted by molar-refractivity contribution is -0.140. The summed E-state index contributed by atoms with van der Waals surface area (Å²) in [5.74, 6) is 0.912. The second-order valence-corrected chi connectivity index (χ2v) is 7.07. The molecule has 5 nitrogen and oxygen atoms in total. The number of nitrogens with zero attached hydrogens (tertiary/aromatic N) is 1. The molecule has 0 aromatic rings. The zero-order chi connectivity index (χ0) is 14.9. The van der Waals surface area contributed by atoms with Crippen LogP contribution in [-0.2, 0) is 9.59 Å². The van der Waals surface area contributed by atoms with Gasteiger partial charge < -0.3 is 15.3 Å². The Labute approximate surface area is 126 Å². The molecule has 3 rings (SSSR count). The number of amides is 2. The van der Waals surface area contributed by atoms with Gasteiger partial charge >= 0.3 is 0 Å². The summed E-state index contributed by atoms with van der Waals surface area (Å²) in [5.41, 5.74) is -0.461. The Bertz CT molecular complexity index is 416. The van der Waals surface area contributed by atoms with Crippen molar-refractivity contribution in [2.24, 2.45) is 17.3 Å². The smallest absolute Gasteiger partial charge is 0.231 e. The van der Waals surface area contributed by atoms with E-state index >= 15 is 0 Å². The van der Waals surface area contributed by atoms with Gasteiger partial charge in [0, 0.05) is 25.6 Å². The molecule has 0 aromatic carbocycles. The Morgan fingerprint density at radius 2 is 1.95 bits per heavy atom. The van der Waals surface area contributed by atoms with Crippen LogP contribution in [0.2, 0.25) is 0 Å². The number of likely N-dealkylation sites (tertiary alicyclic amines) is 1. The van der Waals surface area contributed by atoms with Crippen molar-refractivity contribution in [3.63, 3.8) is 0 Å². The predicted molar refractivity (Wildman–Crippen MR) is 78.4 cm³/mol. The number of hydrogen-bond donors (Lipinski definition) is 2. The van der Waals surface area contributed by atoms with Crippen LogP contribution in [0.5, 0.6) is 0 Å². The average Bonchev–Trinajstić information content (AvgIpc) is 3.24. The van der Waals surface area contributed by atoms with E-state index in [0.29, 0.717) is 12.5 Å². The van der Waals surface area contributed by atoms with Crippen molar-refractivity contribution < 1.29 is 14.7 Å². The van der Waals surface area contributed by atoms with Crippen LogP contribution in [0.1, 0.15) is 44.9 Å². The van der Waals surface area contributed by atoms with E-state index in [1.54, 1.807) is 0 Å². The highest BCUT2D eigenvalue weighted by molar-refractivity contribution is 5.85. The standard InChI is InChI=1S/C16H26N2O3/c19-11-16(6-7-16)15(21)18-8-2-3-12(10-18)9-17-14(20)13-4-1-5-13/h12-13,19H,1-11H2,(H,17,20). The molecule has 0 aromatic heterocycles. The number of aliphatic hydroxyl groups excluding tert-OH is 1. The molecule has 1 heterocycles. The molecule has 1 atom stereocenters. The lowest BCUT2D eigenvalue weighted by atomic mass is 9.84. The zero-order valence-corrected chi connectivity index (χ0v) is 12.6. The summed E-state index contributed by atoms with van der Waals surface area (Å²) >= 11 is 0. The molecule has 2 N–H and O–H groups in total. The van der Waals surface area contributed by atoms with E-state index < -0.39 is 5.41 Å². The van der Waals surface area contributed by atoms with E-state index in [9.17, 15) is 14.7 Å². The molecular weight excluding hydrogens is 268 g/mol. The molecule has 2 amide bonds. The fraction of sp³-hybridized carbons (Fsp3) is 0.875. The van der Waals surface area contributed by atoms with E-state index in [1.807, 2.05) is 4.90 Å². The van der Waals surface area contributed by atoms with Gasteiger partial charge in [-0.25, -0.2) is 0 Å². The SMILES string of the molecule is O=C(NCC1CCCN(C(=O)C2(CO)CC2)C1)C1CCC1. The molecule has 0 bridgehead atoms. The second-order valence-electron chi connectivity index (χ2n) is 7.07. The number of aliphatic hydroxyl groups is 1. The fourth-order valence-electron chi connectivity index (χ4n) is 3.40. The summed E-state index contributed by atoms with van der Waals surface area (Å²) in [6.07, 6.45) is 6.94. The quantitative estimate of drug-likeness (QED) is 0.792. The number of carbonyl (C=O) groups is 2. The number of carbonyl (C=O) groups excluding carboxylic acids is 2. The molecule has 5 heteroatoms. The summed E-state index contributed by atoms with van der Waals surface area (Å²) in [7, 11) is 0. The Morgan fingerprint density at radius 3 is 2.52 bits per heavy atom. The number of rotatable bonds is 5. The summed E-state index contributed by atoms with van der Waals surface area (Å²) in [5, 5.41) is 12.4. The fourth-order valence-corrected chi connectivity index (χ4v) is 3.40. The summed E-state index contributed by atoms with van der Waals surface area (Å²) < 4.78 is 0. The maximum atomic E-state index is 12.4. The highest BCUT2D eigenvalue weighted by Crippen LogP contribution is 2.47. The lowest BCUT2D eigenvalue weighted by Gasteiger charge is -2.35. The van der Waals surface area contributed by atoms with Crippen LogP contribution in [0.3, 0.4) is 0 Å². The van der Waals surface area contributed by atoms with Crippen molar-refractivity contribution in [1.29, 1.82) is 0 Å². The molecule has 0 spiro atoms. The summed E-state index contributed by atoms with van der Waals surface area (Å²) in [6, 6.07) is 0. The summed E-state index contributed by atoms with van der Waals surface area (Å²) in [4.78, 5) is 26.2. The molecule has 2 saturated carbocycles. The van der Waals surface area contributed by atoms with Gasteiger partial charge in [-0.1, -0.05) is 6.42 Å². The predicted octanol–water partition coefficient (Wildman–Crippen LogP) is 0.914. The molecular formula is C16H26N2O3. The lowest BCUT2D eigenvalue weighted by Crippen LogP contribution is -2.47. The third-order valence-corrected chi connectivity index (χ3v) is 5.46. The van der Waals surface area contributed by atoms with Crippen molar-refractivity contribution >= 4 is 11.8 Å². The van der Waals surface area contributed by atoms with E-state index in [0.717, 1.165) is 51.6 Å². The van der Waals surface area contributed by atoms with E-state index in [1.165, 1.54) is 6.42 Å². The first-order valence-electron chi connectivity index (χ1n) is 8.32. The molecule has 3 fully saturated rings. The molecule has 3 aliphatic rings. The highest BCUT2D eigenvalue weighted by atomic mass is 16.3. The van der Waals surface area contributed by atoms with Gasteiger partial charge in [-0.15, -0.1) is 0 Å². The first kappa shape index (κ1) is 14.8.